The fourth-order valence-corrected chi connectivity index (χ4v) is 3.39. The van der Waals surface area contributed by atoms with E-state index in [1.807, 2.05) is 55.5 Å². The molecule has 4 rings (SSSR count). The summed E-state index contributed by atoms with van der Waals surface area (Å²) in [5.74, 6) is 0.228. The van der Waals surface area contributed by atoms with Crippen molar-refractivity contribution in [1.82, 2.24) is 4.98 Å². The third-order valence-corrected chi connectivity index (χ3v) is 4.79. The summed E-state index contributed by atoms with van der Waals surface area (Å²) in [6.45, 7) is 2.00. The Hall–Kier alpha value is -2.74. The third-order valence-electron chi connectivity index (χ3n) is 4.79. The molecule has 0 aliphatic heterocycles. The van der Waals surface area contributed by atoms with Crippen LogP contribution in [0.2, 0.25) is 0 Å². The van der Waals surface area contributed by atoms with Crippen LogP contribution in [-0.4, -0.2) is 10.8 Å². The number of rotatable bonds is 2. The molecule has 0 saturated carbocycles. The number of pyridine rings is 1. The quantitative estimate of drug-likeness (QED) is 0.652. The SMILES string of the molecule is CC1CCc2c(-c3ccccc3)cc(-c3ccccc3)nc2C1=O. The Balaban J connectivity index is 1.97. The number of carbonyl (C=O) groups excluding carboxylic acids is 1. The maximum Gasteiger partial charge on any atom is 0.184 e. The number of Topliss-reactive ketones (excluding diaryl/α,β-unsaturated/α-hetero) is 1. The normalized spacial score (nSPS) is 16.7. The number of hydrogen-bond donors (Lipinski definition) is 0. The number of carbonyl (C=O) groups is 1. The number of benzene rings is 2. The molecule has 1 atom stereocenters. The van der Waals surface area contributed by atoms with Gasteiger partial charge in [-0.25, -0.2) is 4.98 Å². The topological polar surface area (TPSA) is 30.0 Å². The van der Waals surface area contributed by atoms with Crippen LogP contribution in [0.4, 0.5) is 0 Å². The van der Waals surface area contributed by atoms with E-state index >= 15 is 0 Å². The number of aromatic nitrogens is 1. The molecule has 0 spiro atoms. The van der Waals surface area contributed by atoms with Crippen LogP contribution in [0.1, 0.15) is 29.4 Å². The lowest BCUT2D eigenvalue weighted by atomic mass is 9.82. The van der Waals surface area contributed by atoms with Gasteiger partial charge in [-0.3, -0.25) is 4.79 Å². The van der Waals surface area contributed by atoms with Gasteiger partial charge in [0.15, 0.2) is 5.78 Å². The lowest BCUT2D eigenvalue weighted by Gasteiger charge is -2.23. The van der Waals surface area contributed by atoms with E-state index in [0.717, 1.165) is 40.8 Å². The molecular formula is C22H19NO. The Kier molecular flexibility index (Phi) is 3.73. The zero-order valence-electron chi connectivity index (χ0n) is 13.7. The van der Waals surface area contributed by atoms with Crippen molar-refractivity contribution in [2.75, 3.05) is 0 Å². The third kappa shape index (κ3) is 2.54. The van der Waals surface area contributed by atoms with E-state index in [4.69, 9.17) is 4.98 Å². The first kappa shape index (κ1) is 14.8. The number of nitrogens with zero attached hydrogens (tertiary/aromatic N) is 1. The molecule has 1 aliphatic rings. The van der Waals surface area contributed by atoms with Crippen molar-refractivity contribution in [1.29, 1.82) is 0 Å². The van der Waals surface area contributed by atoms with E-state index in [0.29, 0.717) is 5.69 Å². The lowest BCUT2D eigenvalue weighted by Crippen LogP contribution is -2.22. The molecule has 1 aromatic heterocycles. The van der Waals surface area contributed by atoms with Gasteiger partial charge in [0.25, 0.3) is 0 Å². The van der Waals surface area contributed by atoms with Gasteiger partial charge in [-0.1, -0.05) is 67.6 Å². The monoisotopic (exact) mass is 313 g/mol. The van der Waals surface area contributed by atoms with Crippen LogP contribution in [0, 0.1) is 5.92 Å². The van der Waals surface area contributed by atoms with E-state index in [2.05, 4.69) is 18.2 Å². The Bertz CT molecular complexity index is 885. The summed E-state index contributed by atoms with van der Waals surface area (Å²) in [6.07, 6.45) is 1.81. The molecule has 2 heteroatoms. The smallest absolute Gasteiger partial charge is 0.184 e. The van der Waals surface area contributed by atoms with Gasteiger partial charge in [-0.15, -0.1) is 0 Å². The average Bonchev–Trinajstić information content (AvgIpc) is 2.65. The summed E-state index contributed by atoms with van der Waals surface area (Å²) in [7, 11) is 0. The molecule has 0 radical (unpaired) electrons. The minimum absolute atomic E-state index is 0.0552. The van der Waals surface area contributed by atoms with Crippen LogP contribution >= 0.6 is 0 Å². The number of ketones is 1. The van der Waals surface area contributed by atoms with Gasteiger partial charge in [0.05, 0.1) is 5.69 Å². The van der Waals surface area contributed by atoms with E-state index in [1.165, 1.54) is 0 Å². The first-order valence-electron chi connectivity index (χ1n) is 8.43. The molecular weight excluding hydrogens is 294 g/mol. The minimum atomic E-state index is 0.0552. The van der Waals surface area contributed by atoms with Crippen molar-refractivity contribution < 1.29 is 4.79 Å². The highest BCUT2D eigenvalue weighted by Gasteiger charge is 2.28. The Morgan fingerprint density at radius 1 is 0.917 bits per heavy atom. The molecule has 2 aromatic carbocycles. The molecule has 1 unspecified atom stereocenters. The Morgan fingerprint density at radius 3 is 2.21 bits per heavy atom. The largest absolute Gasteiger partial charge is 0.292 e. The van der Waals surface area contributed by atoms with Gasteiger partial charge in [0.1, 0.15) is 5.69 Å². The van der Waals surface area contributed by atoms with Crippen molar-refractivity contribution in [3.8, 4) is 22.4 Å². The molecule has 1 heterocycles. The summed E-state index contributed by atoms with van der Waals surface area (Å²) in [4.78, 5) is 17.5. The number of fused-ring (bicyclic) bond motifs is 1. The summed E-state index contributed by atoms with van der Waals surface area (Å²) in [6, 6.07) is 22.5. The molecule has 0 fully saturated rings. The second-order valence-electron chi connectivity index (χ2n) is 6.42. The highest BCUT2D eigenvalue weighted by atomic mass is 16.1. The zero-order valence-corrected chi connectivity index (χ0v) is 13.7. The Labute approximate surface area is 142 Å². The van der Waals surface area contributed by atoms with E-state index in [9.17, 15) is 4.79 Å². The maximum absolute atomic E-state index is 12.7. The summed E-state index contributed by atoms with van der Waals surface area (Å²) < 4.78 is 0. The van der Waals surface area contributed by atoms with Crippen LogP contribution in [0.5, 0.6) is 0 Å². The molecule has 1 aliphatic carbocycles. The molecule has 0 amide bonds. The van der Waals surface area contributed by atoms with Crippen LogP contribution in [0.3, 0.4) is 0 Å². The van der Waals surface area contributed by atoms with Crippen molar-refractivity contribution in [2.24, 2.45) is 5.92 Å². The second kappa shape index (κ2) is 6.04. The zero-order chi connectivity index (χ0) is 16.5. The summed E-state index contributed by atoms with van der Waals surface area (Å²) in [5, 5.41) is 0. The van der Waals surface area contributed by atoms with Crippen LogP contribution < -0.4 is 0 Å². The molecule has 3 aromatic rings. The molecule has 2 nitrogen and oxygen atoms in total. The lowest BCUT2D eigenvalue weighted by molar-refractivity contribution is 0.0908. The summed E-state index contributed by atoms with van der Waals surface area (Å²) in [5.41, 5.74) is 5.97. The van der Waals surface area contributed by atoms with Crippen molar-refractivity contribution in [3.63, 3.8) is 0 Å². The second-order valence-corrected chi connectivity index (χ2v) is 6.42. The standard InChI is InChI=1S/C22H19NO/c1-15-12-13-18-19(16-8-4-2-5-9-16)14-20(23-21(18)22(15)24)17-10-6-3-7-11-17/h2-11,14-15H,12-13H2,1H3. The highest BCUT2D eigenvalue weighted by molar-refractivity contribution is 6.00. The fraction of sp³-hybridized carbons (Fsp3) is 0.182. The van der Waals surface area contributed by atoms with Crippen LogP contribution in [-0.2, 0) is 6.42 Å². The summed E-state index contributed by atoms with van der Waals surface area (Å²) >= 11 is 0. The van der Waals surface area contributed by atoms with Crippen molar-refractivity contribution in [2.45, 2.75) is 19.8 Å². The molecule has 118 valence electrons. The number of hydrogen-bond acceptors (Lipinski definition) is 2. The van der Waals surface area contributed by atoms with Crippen molar-refractivity contribution in [3.05, 3.63) is 78.0 Å². The maximum atomic E-state index is 12.7. The van der Waals surface area contributed by atoms with Gasteiger partial charge in [0, 0.05) is 11.5 Å². The predicted molar refractivity (Wildman–Crippen MR) is 96.9 cm³/mol. The van der Waals surface area contributed by atoms with E-state index in [-0.39, 0.29) is 11.7 Å². The first-order valence-corrected chi connectivity index (χ1v) is 8.43. The molecule has 0 N–H and O–H groups in total. The van der Waals surface area contributed by atoms with Crippen LogP contribution in [0.15, 0.2) is 66.7 Å². The minimum Gasteiger partial charge on any atom is -0.292 e. The molecule has 0 saturated heterocycles. The van der Waals surface area contributed by atoms with Gasteiger partial charge in [-0.05, 0) is 35.6 Å². The van der Waals surface area contributed by atoms with Gasteiger partial charge >= 0.3 is 0 Å². The average molecular weight is 313 g/mol. The van der Waals surface area contributed by atoms with E-state index < -0.39 is 0 Å². The predicted octanol–water partition coefficient (Wildman–Crippen LogP) is 5.18. The molecule has 24 heavy (non-hydrogen) atoms. The van der Waals surface area contributed by atoms with Crippen LogP contribution in [0.25, 0.3) is 22.4 Å². The first-order chi connectivity index (χ1) is 11.7. The fourth-order valence-electron chi connectivity index (χ4n) is 3.39. The van der Waals surface area contributed by atoms with Crippen molar-refractivity contribution >= 4 is 5.78 Å². The van der Waals surface area contributed by atoms with E-state index in [1.54, 1.807) is 0 Å². The van der Waals surface area contributed by atoms with Gasteiger partial charge in [-0.2, -0.15) is 0 Å². The van der Waals surface area contributed by atoms with Gasteiger partial charge in [0.2, 0.25) is 0 Å². The van der Waals surface area contributed by atoms with Gasteiger partial charge < -0.3 is 0 Å². The highest BCUT2D eigenvalue weighted by Crippen LogP contribution is 2.35. The Morgan fingerprint density at radius 2 is 1.54 bits per heavy atom. The molecule has 0 bridgehead atoms.